The molecule has 128 valence electrons. The number of nitrogens with zero attached hydrogens (tertiary/aromatic N) is 2. The fourth-order valence-corrected chi connectivity index (χ4v) is 3.66. The van der Waals surface area contributed by atoms with Gasteiger partial charge in [0.25, 0.3) is 0 Å². The number of carbonyl (C=O) groups is 2. The van der Waals surface area contributed by atoms with E-state index in [2.05, 4.69) is 17.6 Å². The van der Waals surface area contributed by atoms with E-state index in [0.29, 0.717) is 18.9 Å². The summed E-state index contributed by atoms with van der Waals surface area (Å²) in [6.07, 6.45) is 3.68. The highest BCUT2D eigenvalue weighted by Gasteiger charge is 2.34. The average Bonchev–Trinajstić information content (AvgIpc) is 2.92. The van der Waals surface area contributed by atoms with Crippen LogP contribution in [0.15, 0.2) is 30.5 Å². The molecule has 2 heterocycles. The lowest BCUT2D eigenvalue weighted by molar-refractivity contribution is -0.152. The van der Waals surface area contributed by atoms with Gasteiger partial charge in [0.1, 0.15) is 6.04 Å². The fraction of sp³-hybridized carbons (Fsp3) is 0.474. The molecule has 1 amide bonds. The molecule has 1 N–H and O–H groups in total. The van der Waals surface area contributed by atoms with Gasteiger partial charge in [-0.05, 0) is 37.3 Å². The van der Waals surface area contributed by atoms with Gasteiger partial charge in [-0.1, -0.05) is 25.1 Å². The summed E-state index contributed by atoms with van der Waals surface area (Å²) >= 11 is 0. The maximum absolute atomic E-state index is 12.8. The summed E-state index contributed by atoms with van der Waals surface area (Å²) in [4.78, 5) is 25.9. The second kappa shape index (κ2) is 6.67. The SMILES string of the molecule is CCn1cc(CC(=O)N2CCC(C)CC2C(=O)O)c2ccccc21. The molecule has 3 rings (SSSR count). The van der Waals surface area contributed by atoms with Gasteiger partial charge in [0.2, 0.25) is 5.91 Å². The van der Waals surface area contributed by atoms with Crippen LogP contribution in [0.25, 0.3) is 10.9 Å². The highest BCUT2D eigenvalue weighted by molar-refractivity contribution is 5.91. The smallest absolute Gasteiger partial charge is 0.326 e. The van der Waals surface area contributed by atoms with Gasteiger partial charge >= 0.3 is 5.97 Å². The Morgan fingerprint density at radius 1 is 1.29 bits per heavy atom. The number of aromatic nitrogens is 1. The number of carboxylic acid groups (broad SMARTS) is 1. The van der Waals surface area contributed by atoms with E-state index in [1.165, 1.54) is 0 Å². The van der Waals surface area contributed by atoms with E-state index < -0.39 is 12.0 Å². The Hall–Kier alpha value is -2.30. The molecular weight excluding hydrogens is 304 g/mol. The van der Waals surface area contributed by atoms with Gasteiger partial charge in [-0.15, -0.1) is 0 Å². The molecule has 24 heavy (non-hydrogen) atoms. The topological polar surface area (TPSA) is 62.5 Å². The Kier molecular flexibility index (Phi) is 4.60. The van der Waals surface area contributed by atoms with Crippen LogP contribution in [0, 0.1) is 5.92 Å². The third-order valence-corrected chi connectivity index (χ3v) is 5.02. The van der Waals surface area contributed by atoms with E-state index >= 15 is 0 Å². The monoisotopic (exact) mass is 328 g/mol. The van der Waals surface area contributed by atoms with Crippen molar-refractivity contribution in [3.8, 4) is 0 Å². The summed E-state index contributed by atoms with van der Waals surface area (Å²) in [5, 5.41) is 10.5. The second-order valence-electron chi connectivity index (χ2n) is 6.70. The average molecular weight is 328 g/mol. The van der Waals surface area contributed by atoms with E-state index in [1.54, 1.807) is 4.90 Å². The molecule has 1 saturated heterocycles. The molecule has 1 aliphatic rings. The quantitative estimate of drug-likeness (QED) is 0.938. The Morgan fingerprint density at radius 2 is 2.04 bits per heavy atom. The van der Waals surface area contributed by atoms with Crippen LogP contribution in [0.5, 0.6) is 0 Å². The predicted molar refractivity (Wildman–Crippen MR) is 92.9 cm³/mol. The minimum Gasteiger partial charge on any atom is -0.480 e. The number of fused-ring (bicyclic) bond motifs is 1. The van der Waals surface area contributed by atoms with Crippen molar-refractivity contribution in [2.45, 2.75) is 45.7 Å². The molecule has 0 spiro atoms. The Morgan fingerprint density at radius 3 is 2.75 bits per heavy atom. The van der Waals surface area contributed by atoms with E-state index in [4.69, 9.17) is 0 Å². The van der Waals surface area contributed by atoms with Crippen molar-refractivity contribution >= 4 is 22.8 Å². The third kappa shape index (κ3) is 3.03. The first-order chi connectivity index (χ1) is 11.5. The fourth-order valence-electron chi connectivity index (χ4n) is 3.66. The van der Waals surface area contributed by atoms with Crippen molar-refractivity contribution < 1.29 is 14.7 Å². The lowest BCUT2D eigenvalue weighted by Crippen LogP contribution is -2.50. The number of hydrogen-bond donors (Lipinski definition) is 1. The van der Waals surface area contributed by atoms with Crippen molar-refractivity contribution in [3.63, 3.8) is 0 Å². The number of likely N-dealkylation sites (tertiary alicyclic amines) is 1. The normalized spacial score (nSPS) is 21.2. The number of aryl methyl sites for hydroxylation is 1. The molecule has 2 unspecified atom stereocenters. The van der Waals surface area contributed by atoms with Gasteiger partial charge in [-0.3, -0.25) is 4.79 Å². The summed E-state index contributed by atoms with van der Waals surface area (Å²) < 4.78 is 2.13. The number of para-hydroxylation sites is 1. The molecule has 0 bridgehead atoms. The number of amides is 1. The standard InChI is InChI=1S/C19H24N2O3/c1-3-20-12-14(15-6-4-5-7-16(15)20)11-18(22)21-9-8-13(2)10-17(21)19(23)24/h4-7,12-13,17H,3,8-11H2,1-2H3,(H,23,24). The summed E-state index contributed by atoms with van der Waals surface area (Å²) in [7, 11) is 0. The number of benzene rings is 1. The van der Waals surface area contributed by atoms with E-state index in [0.717, 1.165) is 29.4 Å². The van der Waals surface area contributed by atoms with Crippen molar-refractivity contribution in [1.82, 2.24) is 9.47 Å². The van der Waals surface area contributed by atoms with Gasteiger partial charge < -0.3 is 14.6 Å². The second-order valence-corrected chi connectivity index (χ2v) is 6.70. The highest BCUT2D eigenvalue weighted by Crippen LogP contribution is 2.26. The number of piperidine rings is 1. The molecule has 2 aromatic rings. The summed E-state index contributed by atoms with van der Waals surface area (Å²) in [6, 6.07) is 7.35. The molecule has 1 aliphatic heterocycles. The molecular formula is C19H24N2O3. The van der Waals surface area contributed by atoms with E-state index in [-0.39, 0.29) is 12.3 Å². The zero-order chi connectivity index (χ0) is 17.3. The number of carbonyl (C=O) groups excluding carboxylic acids is 1. The van der Waals surface area contributed by atoms with Crippen molar-refractivity contribution in [2.24, 2.45) is 5.92 Å². The number of carboxylic acids is 1. The lowest BCUT2D eigenvalue weighted by atomic mass is 9.92. The van der Waals surface area contributed by atoms with Crippen LogP contribution in [-0.4, -0.2) is 39.0 Å². The number of hydrogen-bond acceptors (Lipinski definition) is 2. The van der Waals surface area contributed by atoms with Crippen LogP contribution in [0.2, 0.25) is 0 Å². The van der Waals surface area contributed by atoms with E-state index in [1.807, 2.05) is 31.3 Å². The Balaban J connectivity index is 1.85. The van der Waals surface area contributed by atoms with Crippen molar-refractivity contribution in [2.75, 3.05) is 6.54 Å². The Bertz CT molecular complexity index is 765. The summed E-state index contributed by atoms with van der Waals surface area (Å²) in [5.74, 6) is -0.642. The van der Waals surface area contributed by atoms with Crippen molar-refractivity contribution in [1.29, 1.82) is 0 Å². The molecule has 1 aromatic carbocycles. The number of rotatable bonds is 4. The van der Waals surface area contributed by atoms with Crippen molar-refractivity contribution in [3.05, 3.63) is 36.0 Å². The van der Waals surface area contributed by atoms with Crippen LogP contribution >= 0.6 is 0 Å². The van der Waals surface area contributed by atoms with Gasteiger partial charge in [-0.25, -0.2) is 4.79 Å². The number of aliphatic carboxylic acids is 1. The third-order valence-electron chi connectivity index (χ3n) is 5.02. The highest BCUT2D eigenvalue weighted by atomic mass is 16.4. The lowest BCUT2D eigenvalue weighted by Gasteiger charge is -2.36. The molecule has 0 saturated carbocycles. The minimum absolute atomic E-state index is 0.0895. The van der Waals surface area contributed by atoms with Gasteiger partial charge in [0.05, 0.1) is 6.42 Å². The van der Waals surface area contributed by atoms with Gasteiger partial charge in [-0.2, -0.15) is 0 Å². The largest absolute Gasteiger partial charge is 0.480 e. The predicted octanol–water partition coefficient (Wildman–Crippen LogP) is 2.92. The van der Waals surface area contributed by atoms with Gasteiger partial charge in [0, 0.05) is 30.2 Å². The summed E-state index contributed by atoms with van der Waals surface area (Å²) in [5.41, 5.74) is 2.09. The molecule has 5 heteroatoms. The first kappa shape index (κ1) is 16.6. The van der Waals surface area contributed by atoms with Crippen LogP contribution in [-0.2, 0) is 22.6 Å². The maximum Gasteiger partial charge on any atom is 0.326 e. The maximum atomic E-state index is 12.8. The molecule has 2 atom stereocenters. The molecule has 5 nitrogen and oxygen atoms in total. The molecule has 1 aromatic heterocycles. The zero-order valence-corrected chi connectivity index (χ0v) is 14.2. The van der Waals surface area contributed by atoms with E-state index in [9.17, 15) is 14.7 Å². The van der Waals surface area contributed by atoms with Crippen LogP contribution < -0.4 is 0 Å². The van der Waals surface area contributed by atoms with Gasteiger partial charge in [0.15, 0.2) is 0 Å². The van der Waals surface area contributed by atoms with Crippen LogP contribution in [0.1, 0.15) is 32.3 Å². The summed E-state index contributed by atoms with van der Waals surface area (Å²) in [6.45, 7) is 5.49. The minimum atomic E-state index is -0.897. The molecule has 1 fully saturated rings. The van der Waals surface area contributed by atoms with Crippen LogP contribution in [0.4, 0.5) is 0 Å². The molecule has 0 radical (unpaired) electrons. The Labute approximate surface area is 141 Å². The van der Waals surface area contributed by atoms with Crippen LogP contribution in [0.3, 0.4) is 0 Å². The molecule has 0 aliphatic carbocycles. The first-order valence-corrected chi connectivity index (χ1v) is 8.60. The zero-order valence-electron chi connectivity index (χ0n) is 14.2. The first-order valence-electron chi connectivity index (χ1n) is 8.60.